The third kappa shape index (κ3) is 6.16. The zero-order valence-electron chi connectivity index (χ0n) is 15.1. The first-order valence-electron chi connectivity index (χ1n) is 8.69. The van der Waals surface area contributed by atoms with Gasteiger partial charge >= 0.3 is 0 Å². The summed E-state index contributed by atoms with van der Waals surface area (Å²) in [5.74, 6) is 0.178. The van der Waals surface area contributed by atoms with Crippen LogP contribution in [0.1, 0.15) is 24.9 Å². The highest BCUT2D eigenvalue weighted by Gasteiger charge is 2.26. The number of piperazine rings is 1. The van der Waals surface area contributed by atoms with Crippen LogP contribution in [-0.2, 0) is 4.79 Å². The average Bonchev–Trinajstić information content (AvgIpc) is 2.66. The molecule has 1 aliphatic heterocycles. The lowest BCUT2D eigenvalue weighted by molar-refractivity contribution is -0.133. The van der Waals surface area contributed by atoms with Gasteiger partial charge in [0.2, 0.25) is 5.91 Å². The molecule has 1 aromatic carbocycles. The molecule has 0 aromatic heterocycles. The van der Waals surface area contributed by atoms with Crippen molar-refractivity contribution in [1.29, 1.82) is 0 Å². The minimum Gasteiger partial charge on any atom is -0.333 e. The minimum atomic E-state index is 0.114. The lowest BCUT2D eigenvalue weighted by Gasteiger charge is -2.36. The van der Waals surface area contributed by atoms with Crippen LogP contribution in [0.4, 0.5) is 0 Å². The van der Waals surface area contributed by atoms with Gasteiger partial charge in [0, 0.05) is 39.3 Å². The van der Waals surface area contributed by atoms with Crippen LogP contribution in [0.25, 0.3) is 0 Å². The average molecular weight is 337 g/mol. The Morgan fingerprint density at radius 1 is 1.28 bits per heavy atom. The summed E-state index contributed by atoms with van der Waals surface area (Å²) in [6.07, 6.45) is 11.9. The van der Waals surface area contributed by atoms with Crippen LogP contribution in [0, 0.1) is 0 Å². The molecule has 1 saturated heterocycles. The second-order valence-electron chi connectivity index (χ2n) is 6.02. The molecular weight excluding hydrogens is 310 g/mol. The molecule has 4 heteroatoms. The van der Waals surface area contributed by atoms with E-state index in [0.717, 1.165) is 25.2 Å². The van der Waals surface area contributed by atoms with Gasteiger partial charge in [0.05, 0.1) is 6.04 Å². The standard InChI is InChI=1S/C21H27N3O/c1-18(9-5-4-8-14-22-2)12-13-21(25)24-16-15-23-17-20(24)19-10-6-3-7-11-19/h3-12,14,20,23H,13,15-17H2,1-2H3/b8-4-,9-5-,18-12+,22-14+. The Hall–Kier alpha value is -2.46. The third-order valence-corrected chi connectivity index (χ3v) is 4.16. The van der Waals surface area contributed by atoms with E-state index < -0.39 is 0 Å². The molecule has 0 saturated carbocycles. The maximum atomic E-state index is 12.7. The van der Waals surface area contributed by atoms with Gasteiger partial charge in [-0.15, -0.1) is 0 Å². The Morgan fingerprint density at radius 2 is 2.08 bits per heavy atom. The number of rotatable bonds is 6. The normalized spacial score (nSPS) is 19.4. The highest BCUT2D eigenvalue weighted by atomic mass is 16.2. The third-order valence-electron chi connectivity index (χ3n) is 4.16. The highest BCUT2D eigenvalue weighted by Crippen LogP contribution is 2.22. The fraction of sp³-hybridized carbons (Fsp3) is 0.333. The first-order valence-corrected chi connectivity index (χ1v) is 8.69. The molecule has 1 N–H and O–H groups in total. The zero-order valence-corrected chi connectivity index (χ0v) is 15.1. The Labute approximate surface area is 150 Å². The summed E-state index contributed by atoms with van der Waals surface area (Å²) >= 11 is 0. The van der Waals surface area contributed by atoms with Gasteiger partial charge in [0.25, 0.3) is 0 Å². The number of allylic oxidation sites excluding steroid dienone is 5. The van der Waals surface area contributed by atoms with Crippen molar-refractivity contribution < 1.29 is 4.79 Å². The maximum absolute atomic E-state index is 12.7. The molecule has 0 bridgehead atoms. The number of nitrogens with zero attached hydrogens (tertiary/aromatic N) is 2. The van der Waals surface area contributed by atoms with Crippen molar-refractivity contribution in [3.8, 4) is 0 Å². The van der Waals surface area contributed by atoms with Crippen LogP contribution in [0.15, 0.2) is 71.3 Å². The van der Waals surface area contributed by atoms with E-state index in [-0.39, 0.29) is 11.9 Å². The first kappa shape index (κ1) is 18.9. The van der Waals surface area contributed by atoms with Crippen LogP contribution < -0.4 is 5.32 Å². The van der Waals surface area contributed by atoms with Crippen LogP contribution in [0.5, 0.6) is 0 Å². The minimum absolute atomic E-state index is 0.114. The molecule has 1 aromatic rings. The quantitative estimate of drug-likeness (QED) is 0.639. The molecule has 0 aliphatic carbocycles. The van der Waals surface area contributed by atoms with Crippen molar-refractivity contribution in [2.45, 2.75) is 19.4 Å². The Balaban J connectivity index is 1.97. The molecule has 25 heavy (non-hydrogen) atoms. The van der Waals surface area contributed by atoms with Gasteiger partial charge < -0.3 is 10.2 Å². The van der Waals surface area contributed by atoms with Gasteiger partial charge in [-0.2, -0.15) is 0 Å². The van der Waals surface area contributed by atoms with Crippen molar-refractivity contribution in [1.82, 2.24) is 10.2 Å². The number of hydrogen-bond donors (Lipinski definition) is 1. The van der Waals surface area contributed by atoms with Gasteiger partial charge in [-0.25, -0.2) is 0 Å². The summed E-state index contributed by atoms with van der Waals surface area (Å²) in [5, 5.41) is 3.39. The van der Waals surface area contributed by atoms with E-state index in [4.69, 9.17) is 0 Å². The first-order chi connectivity index (χ1) is 12.2. The number of amides is 1. The van der Waals surface area contributed by atoms with Crippen LogP contribution in [0.3, 0.4) is 0 Å². The van der Waals surface area contributed by atoms with E-state index >= 15 is 0 Å². The molecule has 1 atom stereocenters. The summed E-state index contributed by atoms with van der Waals surface area (Å²) in [5.41, 5.74) is 2.27. The lowest BCUT2D eigenvalue weighted by Crippen LogP contribution is -2.48. The van der Waals surface area contributed by atoms with E-state index in [1.807, 2.05) is 60.4 Å². The zero-order chi connectivity index (χ0) is 17.9. The molecule has 2 rings (SSSR count). The molecule has 1 unspecified atom stereocenters. The fourth-order valence-electron chi connectivity index (χ4n) is 2.82. The lowest BCUT2D eigenvalue weighted by atomic mass is 10.0. The van der Waals surface area contributed by atoms with Gasteiger partial charge in [-0.05, 0) is 18.6 Å². The SMILES string of the molecule is C/N=C/C=C\C=C/C(C)=C/CC(=O)N1CCNCC1c1ccccc1. The van der Waals surface area contributed by atoms with Gasteiger partial charge in [-0.1, -0.05) is 60.2 Å². The molecule has 0 radical (unpaired) electrons. The van der Waals surface area contributed by atoms with Gasteiger partial charge in [0.1, 0.15) is 0 Å². The maximum Gasteiger partial charge on any atom is 0.226 e. The Kier molecular flexibility index (Phi) is 7.86. The molecule has 1 aliphatic rings. The number of carbonyl (C=O) groups excluding carboxylic acids is 1. The van der Waals surface area contributed by atoms with E-state index in [2.05, 4.69) is 22.4 Å². The molecule has 4 nitrogen and oxygen atoms in total. The van der Waals surface area contributed by atoms with Crippen LogP contribution in [0.2, 0.25) is 0 Å². The number of aliphatic imine (C=N–C) groups is 1. The number of carbonyl (C=O) groups is 1. The monoisotopic (exact) mass is 337 g/mol. The summed E-state index contributed by atoms with van der Waals surface area (Å²) < 4.78 is 0. The molecule has 132 valence electrons. The summed E-state index contributed by atoms with van der Waals surface area (Å²) in [6, 6.07) is 10.4. The van der Waals surface area contributed by atoms with Crippen molar-refractivity contribution in [2.24, 2.45) is 4.99 Å². The fourth-order valence-corrected chi connectivity index (χ4v) is 2.82. The van der Waals surface area contributed by atoms with E-state index in [0.29, 0.717) is 6.42 Å². The van der Waals surface area contributed by atoms with Crippen molar-refractivity contribution in [2.75, 3.05) is 26.7 Å². The second kappa shape index (κ2) is 10.4. The highest BCUT2D eigenvalue weighted by molar-refractivity contribution is 5.78. The van der Waals surface area contributed by atoms with Crippen LogP contribution >= 0.6 is 0 Å². The van der Waals surface area contributed by atoms with Crippen LogP contribution in [-0.4, -0.2) is 43.7 Å². The van der Waals surface area contributed by atoms with Crippen molar-refractivity contribution >= 4 is 12.1 Å². The van der Waals surface area contributed by atoms with E-state index in [1.165, 1.54) is 5.56 Å². The van der Waals surface area contributed by atoms with Crippen molar-refractivity contribution in [3.63, 3.8) is 0 Å². The van der Waals surface area contributed by atoms with E-state index in [1.54, 1.807) is 13.3 Å². The number of hydrogen-bond acceptors (Lipinski definition) is 3. The largest absolute Gasteiger partial charge is 0.333 e. The predicted molar refractivity (Wildman–Crippen MR) is 105 cm³/mol. The van der Waals surface area contributed by atoms with E-state index in [9.17, 15) is 4.79 Å². The predicted octanol–water partition coefficient (Wildman–Crippen LogP) is 3.31. The van der Waals surface area contributed by atoms with Gasteiger partial charge in [-0.3, -0.25) is 9.79 Å². The topological polar surface area (TPSA) is 44.7 Å². The number of nitrogens with one attached hydrogen (secondary N) is 1. The van der Waals surface area contributed by atoms with Crippen molar-refractivity contribution in [3.05, 3.63) is 71.8 Å². The molecule has 1 amide bonds. The Morgan fingerprint density at radius 3 is 2.84 bits per heavy atom. The summed E-state index contributed by atoms with van der Waals surface area (Å²) in [6.45, 7) is 4.42. The molecule has 1 heterocycles. The van der Waals surface area contributed by atoms with Gasteiger partial charge in [0.15, 0.2) is 0 Å². The molecule has 0 spiro atoms. The number of benzene rings is 1. The molecular formula is C21H27N3O. The smallest absolute Gasteiger partial charge is 0.226 e. The summed E-state index contributed by atoms with van der Waals surface area (Å²) in [7, 11) is 1.74. The summed E-state index contributed by atoms with van der Waals surface area (Å²) in [4.78, 5) is 18.6. The Bertz CT molecular complexity index is 659. The second-order valence-corrected chi connectivity index (χ2v) is 6.02. The molecule has 1 fully saturated rings.